The highest BCUT2D eigenvalue weighted by atomic mass is 19.1. The van der Waals surface area contributed by atoms with Gasteiger partial charge < -0.3 is 10.1 Å². The Kier molecular flexibility index (Phi) is 4.55. The van der Waals surface area contributed by atoms with Crippen molar-refractivity contribution in [2.24, 2.45) is 5.92 Å². The van der Waals surface area contributed by atoms with E-state index in [-0.39, 0.29) is 23.3 Å². The van der Waals surface area contributed by atoms with Gasteiger partial charge in [-0.3, -0.25) is 0 Å². The first-order chi connectivity index (χ1) is 14.7. The van der Waals surface area contributed by atoms with E-state index in [0.717, 1.165) is 47.7 Å². The Morgan fingerprint density at radius 2 is 1.84 bits per heavy atom. The second kappa shape index (κ2) is 6.94. The van der Waals surface area contributed by atoms with Crippen LogP contribution in [0, 0.1) is 17.6 Å². The molecule has 0 aromatic heterocycles. The number of benzene rings is 2. The van der Waals surface area contributed by atoms with E-state index < -0.39 is 11.6 Å². The summed E-state index contributed by atoms with van der Waals surface area (Å²) < 4.78 is 35.5. The highest BCUT2D eigenvalue weighted by Gasteiger charge is 2.40. The van der Waals surface area contributed by atoms with Gasteiger partial charge in [0, 0.05) is 34.4 Å². The van der Waals surface area contributed by atoms with Gasteiger partial charge in [0.15, 0.2) is 11.6 Å². The molecule has 0 fully saturated rings. The van der Waals surface area contributed by atoms with Crippen LogP contribution in [0.3, 0.4) is 0 Å². The summed E-state index contributed by atoms with van der Waals surface area (Å²) in [6.07, 6.45) is 5.11. The molecule has 2 unspecified atom stereocenters. The van der Waals surface area contributed by atoms with Crippen LogP contribution in [0.4, 0.5) is 14.5 Å². The number of anilines is 1. The average Bonchev–Trinajstić information content (AvgIpc) is 2.68. The molecule has 1 aliphatic carbocycles. The smallest absolute Gasteiger partial charge is 0.168 e. The van der Waals surface area contributed by atoms with Crippen molar-refractivity contribution < 1.29 is 13.5 Å². The number of hydrogen-bond acceptors (Lipinski definition) is 2. The summed E-state index contributed by atoms with van der Waals surface area (Å²) in [5.74, 6) is -0.887. The minimum atomic E-state index is -0.635. The zero-order chi connectivity index (χ0) is 22.1. The number of halogens is 2. The van der Waals surface area contributed by atoms with E-state index in [2.05, 4.69) is 46.0 Å². The summed E-state index contributed by atoms with van der Waals surface area (Å²) >= 11 is 0. The van der Waals surface area contributed by atoms with Gasteiger partial charge in [-0.1, -0.05) is 23.3 Å². The normalized spacial score (nSPS) is 23.8. The lowest BCUT2D eigenvalue weighted by Crippen LogP contribution is -2.33. The van der Waals surface area contributed by atoms with Crippen molar-refractivity contribution >= 4 is 11.3 Å². The third-order valence-corrected chi connectivity index (χ3v) is 7.16. The minimum Gasteiger partial charge on any atom is -0.481 e. The molecule has 0 radical (unpaired) electrons. The molecule has 2 nitrogen and oxygen atoms in total. The lowest BCUT2D eigenvalue weighted by Gasteiger charge is -2.41. The molecule has 2 aromatic rings. The molecule has 1 N–H and O–H groups in total. The quantitative estimate of drug-likeness (QED) is 0.474. The first kappa shape index (κ1) is 20.3. The molecule has 0 spiro atoms. The molecular weight excluding hydrogens is 392 g/mol. The van der Waals surface area contributed by atoms with Crippen LogP contribution in [-0.4, -0.2) is 5.54 Å². The van der Waals surface area contributed by atoms with E-state index in [1.807, 2.05) is 12.1 Å². The van der Waals surface area contributed by atoms with Gasteiger partial charge in [0.2, 0.25) is 0 Å². The van der Waals surface area contributed by atoms with E-state index in [9.17, 15) is 8.78 Å². The fraction of sp³-hybridized carbons (Fsp3) is 0.407. The molecule has 162 valence electrons. The van der Waals surface area contributed by atoms with Crippen LogP contribution in [0.5, 0.6) is 5.75 Å². The zero-order valence-electron chi connectivity index (χ0n) is 18.8. The molecule has 0 saturated heterocycles. The Morgan fingerprint density at radius 3 is 2.61 bits per heavy atom. The third kappa shape index (κ3) is 3.19. The highest BCUT2D eigenvalue weighted by molar-refractivity contribution is 5.89. The van der Waals surface area contributed by atoms with Gasteiger partial charge in [-0.05, 0) is 77.2 Å². The van der Waals surface area contributed by atoms with Gasteiger partial charge in [-0.15, -0.1) is 0 Å². The first-order valence-corrected chi connectivity index (χ1v) is 11.1. The number of nitrogens with one attached hydrogen (secondary N) is 1. The standard InChI is InChI=1S/C27H29F2NO/c1-14-7-6-8-18(16(14)3)26-24-19(20-11-17(28)12-21(29)25(20)31-26)9-10-22-23(24)15(2)13-27(4,5)30-22/h9-13,18,26,30H,6-8H2,1-5H3. The predicted molar refractivity (Wildman–Crippen MR) is 122 cm³/mol. The molecule has 0 saturated carbocycles. The molecule has 0 bridgehead atoms. The molecule has 5 rings (SSSR count). The Labute approximate surface area is 183 Å². The summed E-state index contributed by atoms with van der Waals surface area (Å²) in [5.41, 5.74) is 8.29. The monoisotopic (exact) mass is 421 g/mol. The van der Waals surface area contributed by atoms with Gasteiger partial charge in [0.1, 0.15) is 11.9 Å². The average molecular weight is 422 g/mol. The van der Waals surface area contributed by atoms with Crippen LogP contribution in [0.15, 0.2) is 41.5 Å². The van der Waals surface area contributed by atoms with Crippen molar-refractivity contribution in [3.8, 4) is 16.9 Å². The molecule has 2 aliphatic heterocycles. The molecule has 2 aromatic carbocycles. The minimum absolute atomic E-state index is 0.163. The van der Waals surface area contributed by atoms with Gasteiger partial charge >= 0.3 is 0 Å². The number of rotatable bonds is 1. The maximum Gasteiger partial charge on any atom is 0.168 e. The van der Waals surface area contributed by atoms with Crippen molar-refractivity contribution in [2.45, 2.75) is 65.5 Å². The van der Waals surface area contributed by atoms with Crippen LogP contribution in [0.2, 0.25) is 0 Å². The van der Waals surface area contributed by atoms with Gasteiger partial charge in [0.25, 0.3) is 0 Å². The predicted octanol–water partition coefficient (Wildman–Crippen LogP) is 7.81. The molecule has 4 heteroatoms. The van der Waals surface area contributed by atoms with Crippen LogP contribution in [-0.2, 0) is 0 Å². The second-order valence-corrected chi connectivity index (χ2v) is 9.89. The Morgan fingerprint density at radius 1 is 1.06 bits per heavy atom. The SMILES string of the molecule is CC1=CC(C)(C)Nc2ccc3c(c21)C(C1CCCC(C)=C1C)Oc1c(F)cc(F)cc1-3. The van der Waals surface area contributed by atoms with E-state index in [1.54, 1.807) is 0 Å². The van der Waals surface area contributed by atoms with E-state index in [0.29, 0.717) is 5.56 Å². The largest absolute Gasteiger partial charge is 0.481 e. The maximum absolute atomic E-state index is 14.9. The second-order valence-electron chi connectivity index (χ2n) is 9.89. The molecule has 0 amide bonds. The lowest BCUT2D eigenvalue weighted by atomic mass is 9.73. The van der Waals surface area contributed by atoms with Crippen molar-refractivity contribution in [3.63, 3.8) is 0 Å². The van der Waals surface area contributed by atoms with Crippen LogP contribution >= 0.6 is 0 Å². The van der Waals surface area contributed by atoms with Gasteiger partial charge in [-0.25, -0.2) is 8.78 Å². The fourth-order valence-corrected chi connectivity index (χ4v) is 5.72. The molecule has 31 heavy (non-hydrogen) atoms. The van der Waals surface area contributed by atoms with Crippen molar-refractivity contribution in [2.75, 3.05) is 5.32 Å². The van der Waals surface area contributed by atoms with E-state index >= 15 is 0 Å². The molecular formula is C27H29F2NO. The summed E-state index contributed by atoms with van der Waals surface area (Å²) in [4.78, 5) is 0. The van der Waals surface area contributed by atoms with Crippen molar-refractivity contribution in [1.82, 2.24) is 0 Å². The Hall–Kier alpha value is -2.62. The summed E-state index contributed by atoms with van der Waals surface area (Å²) in [7, 11) is 0. The number of ether oxygens (including phenoxy) is 1. The highest BCUT2D eigenvalue weighted by Crippen LogP contribution is 2.54. The van der Waals surface area contributed by atoms with Gasteiger partial charge in [0.05, 0.1) is 5.54 Å². The maximum atomic E-state index is 14.9. The Bertz CT molecular complexity index is 1160. The molecule has 2 atom stereocenters. The van der Waals surface area contributed by atoms with E-state index in [1.165, 1.54) is 22.8 Å². The Balaban J connectivity index is 1.80. The number of hydrogen-bond donors (Lipinski definition) is 1. The van der Waals surface area contributed by atoms with Crippen LogP contribution in [0.25, 0.3) is 16.7 Å². The number of fused-ring (bicyclic) bond motifs is 5. The summed E-state index contributed by atoms with van der Waals surface area (Å²) in [6.45, 7) is 10.8. The van der Waals surface area contributed by atoms with Crippen LogP contribution in [0.1, 0.15) is 71.1 Å². The van der Waals surface area contributed by atoms with Crippen molar-refractivity contribution in [3.05, 3.63) is 64.2 Å². The van der Waals surface area contributed by atoms with Crippen molar-refractivity contribution in [1.29, 1.82) is 0 Å². The summed E-state index contributed by atoms with van der Waals surface area (Å²) in [6, 6.07) is 6.35. The first-order valence-electron chi connectivity index (χ1n) is 11.1. The lowest BCUT2D eigenvalue weighted by molar-refractivity contribution is 0.132. The topological polar surface area (TPSA) is 21.3 Å². The molecule has 2 heterocycles. The zero-order valence-corrected chi connectivity index (χ0v) is 18.8. The van der Waals surface area contributed by atoms with Crippen LogP contribution < -0.4 is 10.1 Å². The van der Waals surface area contributed by atoms with E-state index in [4.69, 9.17) is 4.74 Å². The van der Waals surface area contributed by atoms with Gasteiger partial charge in [-0.2, -0.15) is 0 Å². The third-order valence-electron chi connectivity index (χ3n) is 7.16. The number of allylic oxidation sites excluding steroid dienone is 2. The summed E-state index contributed by atoms with van der Waals surface area (Å²) in [5, 5.41) is 3.61. The molecule has 3 aliphatic rings. The fourth-order valence-electron chi connectivity index (χ4n) is 5.72.